The van der Waals surface area contributed by atoms with Crippen molar-refractivity contribution in [2.75, 3.05) is 19.7 Å². The van der Waals surface area contributed by atoms with E-state index in [0.29, 0.717) is 13.0 Å². The molecular weight excluding hydrogens is 350 g/mol. The molecular formula is C14H23N5O7. The van der Waals surface area contributed by atoms with Gasteiger partial charge in [-0.3, -0.25) is 19.2 Å². The molecule has 0 aromatic heterocycles. The number of hydrogen-bond acceptors (Lipinski definition) is 7. The van der Waals surface area contributed by atoms with Crippen molar-refractivity contribution >= 4 is 29.6 Å². The lowest BCUT2D eigenvalue weighted by molar-refractivity contribution is -0.143. The monoisotopic (exact) mass is 373 g/mol. The van der Waals surface area contributed by atoms with Crippen LogP contribution in [0.4, 0.5) is 0 Å². The number of carboxylic acid groups (broad SMARTS) is 1. The number of amides is 4. The van der Waals surface area contributed by atoms with Crippen LogP contribution in [0.1, 0.15) is 19.3 Å². The second-order valence-corrected chi connectivity index (χ2v) is 5.74. The maximum atomic E-state index is 12.0. The smallest absolute Gasteiger partial charge is 0.328 e. The van der Waals surface area contributed by atoms with E-state index in [1.165, 1.54) is 0 Å². The first-order chi connectivity index (χ1) is 12.2. The first kappa shape index (κ1) is 21.3. The predicted molar refractivity (Wildman–Crippen MR) is 86.4 cm³/mol. The van der Waals surface area contributed by atoms with Crippen molar-refractivity contribution in [1.29, 1.82) is 0 Å². The highest BCUT2D eigenvalue weighted by Crippen LogP contribution is 2.04. The van der Waals surface area contributed by atoms with Gasteiger partial charge in [0.2, 0.25) is 23.6 Å². The molecule has 0 spiro atoms. The van der Waals surface area contributed by atoms with E-state index in [-0.39, 0.29) is 11.9 Å². The molecule has 3 unspecified atom stereocenters. The van der Waals surface area contributed by atoms with Crippen LogP contribution in [-0.4, -0.2) is 77.6 Å². The third-order valence-corrected chi connectivity index (χ3v) is 3.65. The Hall–Kier alpha value is -2.73. The number of nitrogens with two attached hydrogens (primary N) is 1. The Morgan fingerprint density at radius 3 is 2.35 bits per heavy atom. The van der Waals surface area contributed by atoms with Gasteiger partial charge in [0.05, 0.1) is 25.6 Å². The maximum absolute atomic E-state index is 12.0. The lowest BCUT2D eigenvalue weighted by Gasteiger charge is -2.20. The highest BCUT2D eigenvalue weighted by Gasteiger charge is 2.28. The van der Waals surface area contributed by atoms with Crippen molar-refractivity contribution in [2.45, 2.75) is 37.4 Å². The molecule has 0 radical (unpaired) electrons. The number of hydrogen-bond donors (Lipinski definition) is 7. The highest BCUT2D eigenvalue weighted by molar-refractivity contribution is 5.95. The van der Waals surface area contributed by atoms with Crippen molar-refractivity contribution in [3.8, 4) is 0 Å². The van der Waals surface area contributed by atoms with Crippen LogP contribution in [0.3, 0.4) is 0 Å². The Morgan fingerprint density at radius 2 is 1.85 bits per heavy atom. The van der Waals surface area contributed by atoms with Gasteiger partial charge in [-0.05, 0) is 19.4 Å². The Kier molecular flexibility index (Phi) is 8.45. The Labute approximate surface area is 148 Å². The number of carbonyl (C=O) groups excluding carboxylic acids is 4. The molecule has 12 heteroatoms. The van der Waals surface area contributed by atoms with Crippen molar-refractivity contribution in [1.82, 2.24) is 21.3 Å². The van der Waals surface area contributed by atoms with Gasteiger partial charge in [0.15, 0.2) is 0 Å². The van der Waals surface area contributed by atoms with Crippen LogP contribution in [0, 0.1) is 0 Å². The Balaban J connectivity index is 2.57. The van der Waals surface area contributed by atoms with Gasteiger partial charge in [-0.1, -0.05) is 0 Å². The van der Waals surface area contributed by atoms with E-state index < -0.39 is 55.3 Å². The summed E-state index contributed by atoms with van der Waals surface area (Å²) in [6.45, 7) is -0.592. The molecule has 0 aromatic rings. The fraction of sp³-hybridized carbons (Fsp3) is 0.643. The molecule has 0 aromatic carbocycles. The van der Waals surface area contributed by atoms with E-state index in [1.807, 2.05) is 5.32 Å². The minimum Gasteiger partial charge on any atom is -0.480 e. The fourth-order valence-corrected chi connectivity index (χ4v) is 2.31. The summed E-state index contributed by atoms with van der Waals surface area (Å²) in [6.07, 6.45) is 0.923. The zero-order valence-corrected chi connectivity index (χ0v) is 14.0. The molecule has 0 saturated carbocycles. The van der Waals surface area contributed by atoms with Crippen LogP contribution < -0.4 is 27.0 Å². The van der Waals surface area contributed by atoms with Gasteiger partial charge in [-0.2, -0.15) is 0 Å². The first-order valence-corrected chi connectivity index (χ1v) is 7.97. The minimum absolute atomic E-state index is 0.361. The van der Waals surface area contributed by atoms with Crippen molar-refractivity contribution < 1.29 is 34.2 Å². The average molecular weight is 373 g/mol. The average Bonchev–Trinajstić information content (AvgIpc) is 3.10. The summed E-state index contributed by atoms with van der Waals surface area (Å²) >= 11 is 0. The standard InChI is InChI=1S/C14H23N5O7/c15-10(21)4-8(13(24)19-9(6-20)14(25)26)18-11(22)5-17-12(23)7-2-1-3-16-7/h7-9,16,20H,1-6H2,(H2,15,21)(H,17,23)(H,18,22)(H,19,24)(H,25,26). The first-order valence-electron chi connectivity index (χ1n) is 7.97. The number of aliphatic hydroxyl groups is 1. The third kappa shape index (κ3) is 7.03. The molecule has 0 bridgehead atoms. The molecule has 1 fully saturated rings. The SMILES string of the molecule is NC(=O)CC(NC(=O)CNC(=O)C1CCCN1)C(=O)NC(CO)C(=O)O. The summed E-state index contributed by atoms with van der Waals surface area (Å²) in [5.74, 6) is -4.50. The summed E-state index contributed by atoms with van der Waals surface area (Å²) in [7, 11) is 0. The van der Waals surface area contributed by atoms with Gasteiger partial charge in [-0.25, -0.2) is 4.79 Å². The van der Waals surface area contributed by atoms with Gasteiger partial charge in [0.1, 0.15) is 12.1 Å². The van der Waals surface area contributed by atoms with Crippen molar-refractivity contribution in [2.24, 2.45) is 5.73 Å². The van der Waals surface area contributed by atoms with E-state index in [4.69, 9.17) is 15.9 Å². The fourth-order valence-electron chi connectivity index (χ4n) is 2.31. The van der Waals surface area contributed by atoms with E-state index in [9.17, 15) is 24.0 Å². The topological polar surface area (TPSA) is 200 Å². The van der Waals surface area contributed by atoms with Gasteiger partial charge in [0, 0.05) is 0 Å². The maximum Gasteiger partial charge on any atom is 0.328 e. The molecule has 4 amide bonds. The van der Waals surface area contributed by atoms with E-state index >= 15 is 0 Å². The minimum atomic E-state index is -1.59. The number of aliphatic hydroxyl groups excluding tert-OH is 1. The van der Waals surface area contributed by atoms with E-state index in [1.54, 1.807) is 0 Å². The molecule has 26 heavy (non-hydrogen) atoms. The molecule has 3 atom stereocenters. The molecule has 8 N–H and O–H groups in total. The van der Waals surface area contributed by atoms with Gasteiger partial charge in [-0.15, -0.1) is 0 Å². The van der Waals surface area contributed by atoms with Crippen LogP contribution in [0.5, 0.6) is 0 Å². The summed E-state index contributed by atoms with van der Waals surface area (Å²) in [5.41, 5.74) is 5.02. The molecule has 1 rings (SSSR count). The quantitative estimate of drug-likeness (QED) is 0.200. The van der Waals surface area contributed by atoms with E-state index in [0.717, 1.165) is 6.42 Å². The molecule has 0 aliphatic carbocycles. The van der Waals surface area contributed by atoms with Gasteiger partial charge < -0.3 is 37.2 Å². The zero-order chi connectivity index (χ0) is 19.7. The van der Waals surface area contributed by atoms with Crippen molar-refractivity contribution in [3.05, 3.63) is 0 Å². The Bertz CT molecular complexity index is 562. The van der Waals surface area contributed by atoms with Crippen LogP contribution in [0.25, 0.3) is 0 Å². The number of carboxylic acids is 1. The number of primary amides is 1. The lowest BCUT2D eigenvalue weighted by Crippen LogP contribution is -2.55. The molecule has 1 heterocycles. The highest BCUT2D eigenvalue weighted by atomic mass is 16.4. The molecule has 1 saturated heterocycles. The van der Waals surface area contributed by atoms with Gasteiger partial charge >= 0.3 is 5.97 Å². The summed E-state index contributed by atoms with van der Waals surface area (Å²) in [5, 5.41) is 27.3. The molecule has 146 valence electrons. The van der Waals surface area contributed by atoms with Crippen LogP contribution >= 0.6 is 0 Å². The third-order valence-electron chi connectivity index (χ3n) is 3.65. The molecule has 1 aliphatic rings. The van der Waals surface area contributed by atoms with E-state index in [2.05, 4.69) is 16.0 Å². The number of nitrogens with one attached hydrogen (secondary N) is 4. The zero-order valence-electron chi connectivity index (χ0n) is 14.0. The summed E-state index contributed by atoms with van der Waals surface area (Å²) in [4.78, 5) is 57.6. The number of rotatable bonds is 10. The second-order valence-electron chi connectivity index (χ2n) is 5.74. The summed E-state index contributed by atoms with van der Waals surface area (Å²) < 4.78 is 0. The molecule has 12 nitrogen and oxygen atoms in total. The molecule has 1 aliphatic heterocycles. The number of aliphatic carboxylic acids is 1. The lowest BCUT2D eigenvalue weighted by atomic mass is 10.1. The van der Waals surface area contributed by atoms with Gasteiger partial charge in [0.25, 0.3) is 0 Å². The number of carbonyl (C=O) groups is 5. The van der Waals surface area contributed by atoms with Crippen molar-refractivity contribution in [3.63, 3.8) is 0 Å². The largest absolute Gasteiger partial charge is 0.480 e. The Morgan fingerprint density at radius 1 is 1.15 bits per heavy atom. The van der Waals surface area contributed by atoms with Crippen LogP contribution in [0.15, 0.2) is 0 Å². The summed E-state index contributed by atoms with van der Waals surface area (Å²) in [6, 6.07) is -3.41. The van der Waals surface area contributed by atoms with Crippen LogP contribution in [0.2, 0.25) is 0 Å². The normalized spacial score (nSPS) is 18.4. The predicted octanol–water partition coefficient (Wildman–Crippen LogP) is -4.22. The second kappa shape index (κ2) is 10.3. The van der Waals surface area contributed by atoms with Crippen LogP contribution in [-0.2, 0) is 24.0 Å².